The van der Waals surface area contributed by atoms with Gasteiger partial charge in [0.2, 0.25) is 0 Å². The predicted octanol–water partition coefficient (Wildman–Crippen LogP) is 5.69. The first-order valence-electron chi connectivity index (χ1n) is 8.88. The Labute approximate surface area is 186 Å². The molecular weight excluding hydrogens is 502 g/mol. The number of ether oxygens (including phenoxy) is 3. The van der Waals surface area contributed by atoms with Gasteiger partial charge in [-0.1, -0.05) is 40.2 Å². The number of hydrogen-bond acceptors (Lipinski definition) is 4. The lowest BCUT2D eigenvalue weighted by molar-refractivity contribution is -0.118. The van der Waals surface area contributed by atoms with Crippen LogP contribution in [-0.2, 0) is 4.79 Å². The first kappa shape index (κ1) is 21.2. The van der Waals surface area contributed by atoms with Crippen molar-refractivity contribution in [3.05, 3.63) is 81.7 Å². The second kappa shape index (κ2) is 10.9. The number of anilines is 1. The molecule has 0 heterocycles. The molecule has 0 aliphatic rings. The van der Waals surface area contributed by atoms with Crippen molar-refractivity contribution >= 4 is 43.5 Å². The summed E-state index contributed by atoms with van der Waals surface area (Å²) in [6, 6.07) is 22.2. The summed E-state index contributed by atoms with van der Waals surface area (Å²) in [5.74, 6) is 1.79. The van der Waals surface area contributed by atoms with Crippen LogP contribution in [0.15, 0.2) is 81.7 Å². The molecule has 0 unspecified atom stereocenters. The number of para-hydroxylation sites is 1. The molecule has 7 heteroatoms. The minimum Gasteiger partial charge on any atom is -0.490 e. The van der Waals surface area contributed by atoms with Crippen LogP contribution < -0.4 is 19.5 Å². The SMILES string of the molecule is O=C(COc1ccc(Br)cc1Br)Nc1cccc(OCCOc2ccccc2)c1. The van der Waals surface area contributed by atoms with Crippen molar-refractivity contribution in [3.8, 4) is 17.2 Å². The molecule has 3 aromatic rings. The standard InChI is InChI=1S/C22H19Br2NO4/c23-16-9-10-21(20(24)13-16)29-15-22(26)25-17-5-4-8-19(14-17)28-12-11-27-18-6-2-1-3-7-18/h1-10,13-14H,11-12,15H2,(H,25,26). The fraction of sp³-hybridized carbons (Fsp3) is 0.136. The third kappa shape index (κ3) is 7.11. The lowest BCUT2D eigenvalue weighted by Gasteiger charge is -2.11. The average molecular weight is 521 g/mol. The maximum atomic E-state index is 12.2. The fourth-order valence-electron chi connectivity index (χ4n) is 2.43. The highest BCUT2D eigenvalue weighted by Crippen LogP contribution is 2.28. The predicted molar refractivity (Wildman–Crippen MR) is 120 cm³/mol. The quantitative estimate of drug-likeness (QED) is 0.368. The highest BCUT2D eigenvalue weighted by molar-refractivity contribution is 9.11. The summed E-state index contributed by atoms with van der Waals surface area (Å²) in [6.07, 6.45) is 0. The van der Waals surface area contributed by atoms with Gasteiger partial charge in [0.1, 0.15) is 30.5 Å². The molecule has 0 atom stereocenters. The number of amides is 1. The summed E-state index contributed by atoms with van der Waals surface area (Å²) in [4.78, 5) is 12.2. The zero-order valence-electron chi connectivity index (χ0n) is 15.4. The molecule has 0 aromatic heterocycles. The molecule has 150 valence electrons. The van der Waals surface area contributed by atoms with Crippen molar-refractivity contribution in [1.29, 1.82) is 0 Å². The van der Waals surface area contributed by atoms with Crippen LogP contribution in [0.2, 0.25) is 0 Å². The van der Waals surface area contributed by atoms with Crippen molar-refractivity contribution in [1.82, 2.24) is 0 Å². The zero-order valence-corrected chi connectivity index (χ0v) is 18.6. The van der Waals surface area contributed by atoms with E-state index in [1.54, 1.807) is 18.2 Å². The Bertz CT molecular complexity index is 951. The minimum absolute atomic E-state index is 0.101. The van der Waals surface area contributed by atoms with E-state index in [-0.39, 0.29) is 12.5 Å². The van der Waals surface area contributed by atoms with Crippen LogP contribution in [-0.4, -0.2) is 25.7 Å². The van der Waals surface area contributed by atoms with Gasteiger partial charge in [0.05, 0.1) is 4.47 Å². The summed E-state index contributed by atoms with van der Waals surface area (Å²) in [5, 5.41) is 2.80. The fourth-order valence-corrected chi connectivity index (χ4v) is 3.59. The molecule has 0 aliphatic carbocycles. The van der Waals surface area contributed by atoms with Crippen LogP contribution in [0.1, 0.15) is 0 Å². The van der Waals surface area contributed by atoms with Crippen molar-refractivity contribution in [2.75, 3.05) is 25.1 Å². The molecule has 3 rings (SSSR count). The molecule has 0 saturated heterocycles. The number of halogens is 2. The Balaban J connectivity index is 1.44. The van der Waals surface area contributed by atoms with Gasteiger partial charge in [-0.2, -0.15) is 0 Å². The molecule has 3 aromatic carbocycles. The number of nitrogens with one attached hydrogen (secondary N) is 1. The van der Waals surface area contributed by atoms with Gasteiger partial charge in [-0.25, -0.2) is 0 Å². The first-order valence-corrected chi connectivity index (χ1v) is 10.5. The van der Waals surface area contributed by atoms with E-state index in [2.05, 4.69) is 37.2 Å². The van der Waals surface area contributed by atoms with Gasteiger partial charge in [-0.15, -0.1) is 0 Å². The summed E-state index contributed by atoms with van der Waals surface area (Å²) in [6.45, 7) is 0.722. The van der Waals surface area contributed by atoms with E-state index >= 15 is 0 Å². The van der Waals surface area contributed by atoms with Crippen molar-refractivity contribution in [2.45, 2.75) is 0 Å². The molecule has 0 spiro atoms. The lowest BCUT2D eigenvalue weighted by atomic mass is 10.3. The van der Waals surface area contributed by atoms with E-state index in [4.69, 9.17) is 14.2 Å². The average Bonchev–Trinajstić information content (AvgIpc) is 2.72. The monoisotopic (exact) mass is 519 g/mol. The lowest BCUT2D eigenvalue weighted by Crippen LogP contribution is -2.20. The minimum atomic E-state index is -0.260. The molecular formula is C22H19Br2NO4. The molecule has 1 amide bonds. The van der Waals surface area contributed by atoms with Crippen LogP contribution >= 0.6 is 31.9 Å². The van der Waals surface area contributed by atoms with Crippen LogP contribution in [0.4, 0.5) is 5.69 Å². The summed E-state index contributed by atoms with van der Waals surface area (Å²) in [7, 11) is 0. The van der Waals surface area contributed by atoms with E-state index in [0.29, 0.717) is 30.4 Å². The summed E-state index contributed by atoms with van der Waals surface area (Å²) in [5.41, 5.74) is 0.634. The van der Waals surface area contributed by atoms with E-state index in [9.17, 15) is 4.79 Å². The second-order valence-electron chi connectivity index (χ2n) is 5.95. The van der Waals surface area contributed by atoms with E-state index in [1.807, 2.05) is 54.6 Å². The Kier molecular flexibility index (Phi) is 7.95. The van der Waals surface area contributed by atoms with Crippen molar-refractivity contribution < 1.29 is 19.0 Å². The molecule has 0 radical (unpaired) electrons. The third-order valence-electron chi connectivity index (χ3n) is 3.73. The molecule has 1 N–H and O–H groups in total. The molecule has 0 saturated carbocycles. The van der Waals surface area contributed by atoms with E-state index < -0.39 is 0 Å². The third-order valence-corrected chi connectivity index (χ3v) is 4.85. The molecule has 0 aliphatic heterocycles. The van der Waals surface area contributed by atoms with Crippen LogP contribution in [0.5, 0.6) is 17.2 Å². The van der Waals surface area contributed by atoms with Gasteiger partial charge in [0.25, 0.3) is 5.91 Å². The number of rotatable bonds is 9. The topological polar surface area (TPSA) is 56.8 Å². The Morgan fingerprint density at radius 3 is 2.28 bits per heavy atom. The van der Waals surface area contributed by atoms with Gasteiger partial charge in [0.15, 0.2) is 6.61 Å². The number of carbonyl (C=O) groups excluding carboxylic acids is 1. The largest absolute Gasteiger partial charge is 0.490 e. The number of carbonyl (C=O) groups is 1. The van der Waals surface area contributed by atoms with Crippen molar-refractivity contribution in [2.24, 2.45) is 0 Å². The smallest absolute Gasteiger partial charge is 0.262 e. The van der Waals surface area contributed by atoms with Gasteiger partial charge < -0.3 is 19.5 Å². The molecule has 29 heavy (non-hydrogen) atoms. The van der Waals surface area contributed by atoms with Gasteiger partial charge in [-0.05, 0) is 58.4 Å². The summed E-state index contributed by atoms with van der Waals surface area (Å²) >= 11 is 6.78. The Hall–Kier alpha value is -2.51. The van der Waals surface area contributed by atoms with Gasteiger partial charge in [-0.3, -0.25) is 4.79 Å². The maximum Gasteiger partial charge on any atom is 0.262 e. The molecule has 0 bridgehead atoms. The van der Waals surface area contributed by atoms with E-state index in [0.717, 1.165) is 14.7 Å². The highest BCUT2D eigenvalue weighted by Gasteiger charge is 2.07. The normalized spacial score (nSPS) is 10.3. The number of hydrogen-bond donors (Lipinski definition) is 1. The molecule has 5 nitrogen and oxygen atoms in total. The second-order valence-corrected chi connectivity index (χ2v) is 7.72. The van der Waals surface area contributed by atoms with Gasteiger partial charge >= 0.3 is 0 Å². The first-order chi connectivity index (χ1) is 14.1. The van der Waals surface area contributed by atoms with E-state index in [1.165, 1.54) is 0 Å². The molecule has 0 fully saturated rings. The Morgan fingerprint density at radius 1 is 0.793 bits per heavy atom. The summed E-state index contributed by atoms with van der Waals surface area (Å²) < 4.78 is 18.5. The number of benzene rings is 3. The van der Waals surface area contributed by atoms with Crippen LogP contribution in [0.3, 0.4) is 0 Å². The van der Waals surface area contributed by atoms with Crippen molar-refractivity contribution in [3.63, 3.8) is 0 Å². The van der Waals surface area contributed by atoms with Crippen LogP contribution in [0, 0.1) is 0 Å². The Morgan fingerprint density at radius 2 is 1.52 bits per heavy atom. The maximum absolute atomic E-state index is 12.2. The van der Waals surface area contributed by atoms with Crippen LogP contribution in [0.25, 0.3) is 0 Å². The van der Waals surface area contributed by atoms with Gasteiger partial charge in [0, 0.05) is 16.2 Å². The zero-order chi connectivity index (χ0) is 20.5. The highest BCUT2D eigenvalue weighted by atomic mass is 79.9.